The summed E-state index contributed by atoms with van der Waals surface area (Å²) in [4.78, 5) is 10.8. The normalized spacial score (nSPS) is 10.1. The van der Waals surface area contributed by atoms with Gasteiger partial charge in [-0.1, -0.05) is 15.9 Å². The van der Waals surface area contributed by atoms with Crippen LogP contribution in [0.4, 0.5) is 4.39 Å². The van der Waals surface area contributed by atoms with Gasteiger partial charge < -0.3 is 11.1 Å². The van der Waals surface area contributed by atoms with Crippen LogP contribution in [0.2, 0.25) is 0 Å². The van der Waals surface area contributed by atoms with Crippen molar-refractivity contribution in [1.82, 2.24) is 5.32 Å². The number of hydrogen-bond acceptors (Lipinski definition) is 2. The highest BCUT2D eigenvalue weighted by atomic mass is 79.9. The molecule has 0 radical (unpaired) electrons. The van der Waals surface area contributed by atoms with Gasteiger partial charge in [0.05, 0.1) is 6.54 Å². The van der Waals surface area contributed by atoms with Gasteiger partial charge in [-0.25, -0.2) is 4.39 Å². The molecule has 0 saturated heterocycles. The molecule has 82 valence electrons. The monoisotopic (exact) mass is 274 g/mol. The summed E-state index contributed by atoms with van der Waals surface area (Å²) >= 11 is 3.26. The van der Waals surface area contributed by atoms with Crippen molar-refractivity contribution in [2.45, 2.75) is 6.42 Å². The van der Waals surface area contributed by atoms with Crippen LogP contribution in [-0.4, -0.2) is 19.0 Å². The average molecular weight is 275 g/mol. The Morgan fingerprint density at radius 1 is 1.53 bits per heavy atom. The molecule has 5 heteroatoms. The van der Waals surface area contributed by atoms with E-state index in [1.165, 1.54) is 6.07 Å². The Bertz CT molecular complexity index is 357. The second kappa shape index (κ2) is 5.82. The molecule has 0 atom stereocenters. The van der Waals surface area contributed by atoms with Gasteiger partial charge in [-0.05, 0) is 30.2 Å². The Balaban J connectivity index is 2.50. The first-order chi connectivity index (χ1) is 7.13. The van der Waals surface area contributed by atoms with E-state index in [1.54, 1.807) is 12.1 Å². The fraction of sp³-hybridized carbons (Fsp3) is 0.300. The molecule has 0 spiro atoms. The molecule has 0 aromatic heterocycles. The number of nitrogens with two attached hydrogens (primary N) is 1. The maximum absolute atomic E-state index is 13.2. The lowest BCUT2D eigenvalue weighted by atomic mass is 10.1. The number of halogens is 2. The Kier molecular flexibility index (Phi) is 4.71. The van der Waals surface area contributed by atoms with Crippen molar-refractivity contribution >= 4 is 21.8 Å². The van der Waals surface area contributed by atoms with Gasteiger partial charge >= 0.3 is 0 Å². The summed E-state index contributed by atoms with van der Waals surface area (Å²) in [6.45, 7) is 0.352. The molecule has 0 aliphatic heterocycles. The van der Waals surface area contributed by atoms with Crippen molar-refractivity contribution in [2.24, 2.45) is 5.73 Å². The number of nitrogens with one attached hydrogen (secondary N) is 1. The Morgan fingerprint density at radius 2 is 2.27 bits per heavy atom. The molecule has 1 aromatic rings. The highest BCUT2D eigenvalue weighted by Crippen LogP contribution is 2.15. The van der Waals surface area contributed by atoms with Crippen molar-refractivity contribution in [3.8, 4) is 0 Å². The molecule has 1 amide bonds. The zero-order chi connectivity index (χ0) is 11.3. The minimum atomic E-state index is -0.264. The Labute approximate surface area is 96.0 Å². The van der Waals surface area contributed by atoms with Gasteiger partial charge in [-0.3, -0.25) is 4.79 Å². The predicted molar refractivity (Wildman–Crippen MR) is 59.9 cm³/mol. The lowest BCUT2D eigenvalue weighted by molar-refractivity contribution is -0.119. The molecule has 1 rings (SSSR count). The first kappa shape index (κ1) is 12.1. The average Bonchev–Trinajstić information content (AvgIpc) is 2.23. The zero-order valence-corrected chi connectivity index (χ0v) is 9.68. The van der Waals surface area contributed by atoms with E-state index in [4.69, 9.17) is 5.73 Å². The SMILES string of the molecule is NCC(=O)NCCc1cc(Br)ccc1F. The van der Waals surface area contributed by atoms with Gasteiger partial charge in [0.1, 0.15) is 5.82 Å². The first-order valence-corrected chi connectivity index (χ1v) is 5.33. The molecule has 0 heterocycles. The number of hydrogen-bond donors (Lipinski definition) is 2. The van der Waals surface area contributed by atoms with Gasteiger partial charge in [0.25, 0.3) is 0 Å². The fourth-order valence-electron chi connectivity index (χ4n) is 1.14. The van der Waals surface area contributed by atoms with E-state index in [0.29, 0.717) is 18.5 Å². The van der Waals surface area contributed by atoms with E-state index in [9.17, 15) is 9.18 Å². The van der Waals surface area contributed by atoms with Crippen molar-refractivity contribution in [3.05, 3.63) is 34.1 Å². The number of benzene rings is 1. The molecule has 15 heavy (non-hydrogen) atoms. The van der Waals surface area contributed by atoms with Gasteiger partial charge in [0.15, 0.2) is 0 Å². The van der Waals surface area contributed by atoms with Crippen LogP contribution in [0.5, 0.6) is 0 Å². The molecule has 0 fully saturated rings. The van der Waals surface area contributed by atoms with Gasteiger partial charge in [0.2, 0.25) is 5.91 Å². The molecule has 0 bridgehead atoms. The second-order valence-electron chi connectivity index (χ2n) is 3.04. The third-order valence-electron chi connectivity index (χ3n) is 1.91. The second-order valence-corrected chi connectivity index (χ2v) is 3.96. The molecule has 0 saturated carbocycles. The number of carbonyl (C=O) groups is 1. The highest BCUT2D eigenvalue weighted by Gasteiger charge is 2.03. The van der Waals surface area contributed by atoms with E-state index in [0.717, 1.165) is 4.47 Å². The van der Waals surface area contributed by atoms with E-state index in [-0.39, 0.29) is 18.3 Å². The van der Waals surface area contributed by atoms with Crippen molar-refractivity contribution in [2.75, 3.05) is 13.1 Å². The third kappa shape index (κ3) is 3.97. The molecule has 3 N–H and O–H groups in total. The number of carbonyl (C=O) groups excluding carboxylic acids is 1. The molecule has 1 aromatic carbocycles. The van der Waals surface area contributed by atoms with E-state index in [2.05, 4.69) is 21.2 Å². The van der Waals surface area contributed by atoms with Gasteiger partial charge in [-0.15, -0.1) is 0 Å². The molecule has 0 aliphatic rings. The topological polar surface area (TPSA) is 55.1 Å². The summed E-state index contributed by atoms with van der Waals surface area (Å²) in [6, 6.07) is 4.73. The maximum Gasteiger partial charge on any atom is 0.233 e. The minimum Gasteiger partial charge on any atom is -0.355 e. The number of rotatable bonds is 4. The summed E-state index contributed by atoms with van der Waals surface area (Å²) in [5.74, 6) is -0.495. The molecular formula is C10H12BrFN2O. The van der Waals surface area contributed by atoms with Crippen LogP contribution < -0.4 is 11.1 Å². The Morgan fingerprint density at radius 3 is 2.93 bits per heavy atom. The van der Waals surface area contributed by atoms with Crippen LogP contribution in [0.3, 0.4) is 0 Å². The van der Waals surface area contributed by atoms with Crippen LogP contribution in [0.1, 0.15) is 5.56 Å². The summed E-state index contributed by atoms with van der Waals surface area (Å²) in [5, 5.41) is 2.58. The highest BCUT2D eigenvalue weighted by molar-refractivity contribution is 9.10. The maximum atomic E-state index is 13.2. The summed E-state index contributed by atoms with van der Waals surface area (Å²) in [5.41, 5.74) is 5.68. The molecule has 3 nitrogen and oxygen atoms in total. The summed E-state index contributed by atoms with van der Waals surface area (Å²) in [7, 11) is 0. The molecule has 0 aliphatic carbocycles. The van der Waals surface area contributed by atoms with E-state index in [1.807, 2.05) is 0 Å². The third-order valence-corrected chi connectivity index (χ3v) is 2.40. The van der Waals surface area contributed by atoms with Crippen LogP contribution in [0.25, 0.3) is 0 Å². The van der Waals surface area contributed by atoms with Crippen LogP contribution >= 0.6 is 15.9 Å². The smallest absolute Gasteiger partial charge is 0.233 e. The lowest BCUT2D eigenvalue weighted by Crippen LogP contribution is -2.31. The predicted octanol–water partition coefficient (Wildman–Crippen LogP) is 1.21. The summed E-state index contributed by atoms with van der Waals surface area (Å²) in [6.07, 6.45) is 0.455. The lowest BCUT2D eigenvalue weighted by Gasteiger charge is -2.05. The first-order valence-electron chi connectivity index (χ1n) is 4.54. The van der Waals surface area contributed by atoms with E-state index < -0.39 is 0 Å². The fourth-order valence-corrected chi connectivity index (χ4v) is 1.55. The largest absolute Gasteiger partial charge is 0.355 e. The zero-order valence-electron chi connectivity index (χ0n) is 8.09. The van der Waals surface area contributed by atoms with Crippen LogP contribution in [-0.2, 0) is 11.2 Å². The van der Waals surface area contributed by atoms with E-state index >= 15 is 0 Å². The number of amides is 1. The summed E-state index contributed by atoms with van der Waals surface area (Å²) < 4.78 is 14.0. The van der Waals surface area contributed by atoms with Crippen LogP contribution in [0.15, 0.2) is 22.7 Å². The minimum absolute atomic E-state index is 0.0407. The van der Waals surface area contributed by atoms with Crippen molar-refractivity contribution < 1.29 is 9.18 Å². The van der Waals surface area contributed by atoms with Crippen molar-refractivity contribution in [3.63, 3.8) is 0 Å². The Hall–Kier alpha value is -0.940. The quantitative estimate of drug-likeness (QED) is 0.867. The molecular weight excluding hydrogens is 263 g/mol. The standard InChI is InChI=1S/C10H12BrFN2O/c11-8-1-2-9(12)7(5-8)3-4-14-10(15)6-13/h1-2,5H,3-4,6,13H2,(H,14,15). The van der Waals surface area contributed by atoms with Gasteiger partial charge in [-0.2, -0.15) is 0 Å². The van der Waals surface area contributed by atoms with Crippen LogP contribution in [0, 0.1) is 5.82 Å². The van der Waals surface area contributed by atoms with Gasteiger partial charge in [0, 0.05) is 11.0 Å². The van der Waals surface area contributed by atoms with Crippen molar-refractivity contribution in [1.29, 1.82) is 0 Å². The molecule has 0 unspecified atom stereocenters.